The third-order valence-electron chi connectivity index (χ3n) is 3.75. The van der Waals surface area contributed by atoms with Crippen molar-refractivity contribution in [3.8, 4) is 0 Å². The number of hydrogen-bond acceptors (Lipinski definition) is 4. The van der Waals surface area contributed by atoms with Crippen molar-refractivity contribution in [1.82, 2.24) is 4.90 Å². The van der Waals surface area contributed by atoms with Crippen LogP contribution in [-0.4, -0.2) is 36.4 Å². The number of likely N-dealkylation sites (N-methyl/N-ethyl adjacent to an activating group) is 1. The molecule has 4 heteroatoms. The number of nitrogens with two attached hydrogens (primary N) is 1. The molecule has 3 N–H and O–H groups in total. The summed E-state index contributed by atoms with van der Waals surface area (Å²) in [6, 6.07) is 6.08. The first-order chi connectivity index (χ1) is 9.10. The first-order valence-electron chi connectivity index (χ1n) is 6.99. The number of Topliss-reactive ketones (excluding diaryl/α,β-unsaturated/α-hetero) is 1. The van der Waals surface area contributed by atoms with Gasteiger partial charge in [0.15, 0.2) is 5.78 Å². The Morgan fingerprint density at radius 2 is 2.32 bits per heavy atom. The van der Waals surface area contributed by atoms with Crippen LogP contribution in [0.25, 0.3) is 0 Å². The lowest BCUT2D eigenvalue weighted by molar-refractivity contribution is 0.101. The fourth-order valence-electron chi connectivity index (χ4n) is 2.67. The number of carbonyl (C=O) groups excluding carboxylic acids is 1. The number of nitrogens with one attached hydrogen (secondary N) is 1. The summed E-state index contributed by atoms with van der Waals surface area (Å²) in [5.41, 5.74) is 8.07. The van der Waals surface area contributed by atoms with Gasteiger partial charge in [0.1, 0.15) is 0 Å². The fourth-order valence-corrected chi connectivity index (χ4v) is 2.67. The molecule has 4 nitrogen and oxygen atoms in total. The van der Waals surface area contributed by atoms with Gasteiger partial charge in [-0.05, 0) is 51.1 Å². The van der Waals surface area contributed by atoms with Gasteiger partial charge in [0.25, 0.3) is 0 Å². The Labute approximate surface area is 115 Å². The zero-order chi connectivity index (χ0) is 13.8. The van der Waals surface area contributed by atoms with E-state index in [9.17, 15) is 4.79 Å². The third-order valence-corrected chi connectivity index (χ3v) is 3.75. The van der Waals surface area contributed by atoms with Crippen LogP contribution in [0.5, 0.6) is 0 Å². The minimum Gasteiger partial charge on any atom is -0.398 e. The lowest BCUT2D eigenvalue weighted by atomic mass is 10.0. The van der Waals surface area contributed by atoms with E-state index in [1.807, 2.05) is 12.1 Å². The molecule has 0 spiro atoms. The molecule has 0 bridgehead atoms. The molecule has 1 aliphatic rings. The van der Waals surface area contributed by atoms with Gasteiger partial charge in [-0.15, -0.1) is 0 Å². The summed E-state index contributed by atoms with van der Waals surface area (Å²) in [6.07, 6.45) is 2.41. The topological polar surface area (TPSA) is 58.4 Å². The van der Waals surface area contributed by atoms with Crippen molar-refractivity contribution in [3.05, 3.63) is 23.8 Å². The number of likely N-dealkylation sites (tertiary alicyclic amines) is 1. The van der Waals surface area contributed by atoms with Crippen molar-refractivity contribution >= 4 is 17.2 Å². The summed E-state index contributed by atoms with van der Waals surface area (Å²) in [5.74, 6) is 0.0128. The van der Waals surface area contributed by atoms with E-state index in [2.05, 4.69) is 17.1 Å². The number of hydrogen-bond donors (Lipinski definition) is 2. The average Bonchev–Trinajstić information content (AvgIpc) is 2.38. The summed E-state index contributed by atoms with van der Waals surface area (Å²) in [6.45, 7) is 7.11. The molecule has 19 heavy (non-hydrogen) atoms. The van der Waals surface area contributed by atoms with Gasteiger partial charge in [0.05, 0.1) is 0 Å². The number of nitrogens with zero attached hydrogens (tertiary/aromatic N) is 1. The number of benzene rings is 1. The molecule has 1 fully saturated rings. The second-order valence-corrected chi connectivity index (χ2v) is 5.23. The number of nitrogen functional groups attached to an aromatic ring is 1. The van der Waals surface area contributed by atoms with Crippen molar-refractivity contribution in [2.75, 3.05) is 30.7 Å². The highest BCUT2D eigenvalue weighted by Crippen LogP contribution is 2.21. The van der Waals surface area contributed by atoms with Gasteiger partial charge in [-0.2, -0.15) is 0 Å². The zero-order valence-corrected chi connectivity index (χ0v) is 11.8. The molecule has 1 saturated heterocycles. The molecular weight excluding hydrogens is 238 g/mol. The molecule has 0 aliphatic carbocycles. The second-order valence-electron chi connectivity index (χ2n) is 5.23. The van der Waals surface area contributed by atoms with Gasteiger partial charge in [0.2, 0.25) is 0 Å². The highest BCUT2D eigenvalue weighted by atomic mass is 16.1. The normalized spacial score (nSPS) is 20.2. The van der Waals surface area contributed by atoms with Crippen LogP contribution >= 0.6 is 0 Å². The van der Waals surface area contributed by atoms with Crippen LogP contribution in [0.4, 0.5) is 11.4 Å². The van der Waals surface area contributed by atoms with Crippen LogP contribution in [0.15, 0.2) is 18.2 Å². The van der Waals surface area contributed by atoms with Gasteiger partial charge in [-0.3, -0.25) is 4.79 Å². The zero-order valence-electron chi connectivity index (χ0n) is 11.8. The molecule has 1 unspecified atom stereocenters. The lowest BCUT2D eigenvalue weighted by Crippen LogP contribution is -2.41. The van der Waals surface area contributed by atoms with E-state index < -0.39 is 0 Å². The van der Waals surface area contributed by atoms with Crippen molar-refractivity contribution in [1.29, 1.82) is 0 Å². The summed E-state index contributed by atoms with van der Waals surface area (Å²) >= 11 is 0. The van der Waals surface area contributed by atoms with E-state index in [4.69, 9.17) is 5.73 Å². The summed E-state index contributed by atoms with van der Waals surface area (Å²) in [4.78, 5) is 13.8. The maximum atomic E-state index is 11.3. The minimum atomic E-state index is 0.0128. The molecule has 0 amide bonds. The number of anilines is 2. The molecule has 1 aromatic carbocycles. The largest absolute Gasteiger partial charge is 0.398 e. The van der Waals surface area contributed by atoms with E-state index in [0.29, 0.717) is 17.3 Å². The monoisotopic (exact) mass is 261 g/mol. The maximum Gasteiger partial charge on any atom is 0.161 e. The molecule has 104 valence electrons. The van der Waals surface area contributed by atoms with Crippen molar-refractivity contribution < 1.29 is 4.79 Å². The number of piperidine rings is 1. The van der Waals surface area contributed by atoms with Crippen LogP contribution < -0.4 is 11.1 Å². The SMILES string of the molecule is CCN1CCCC(Nc2ccc(C(C)=O)c(N)c2)C1. The molecule has 1 atom stereocenters. The third kappa shape index (κ3) is 3.47. The van der Waals surface area contributed by atoms with Crippen LogP contribution in [0.3, 0.4) is 0 Å². The summed E-state index contributed by atoms with van der Waals surface area (Å²) in [5, 5.41) is 3.52. The first kappa shape index (κ1) is 13.9. The van der Waals surface area contributed by atoms with Gasteiger partial charge < -0.3 is 16.0 Å². The smallest absolute Gasteiger partial charge is 0.161 e. The predicted octanol–water partition coefficient (Wildman–Crippen LogP) is 2.37. The van der Waals surface area contributed by atoms with Crippen molar-refractivity contribution in [3.63, 3.8) is 0 Å². The molecule has 1 aliphatic heterocycles. The fraction of sp³-hybridized carbons (Fsp3) is 0.533. The molecule has 0 saturated carbocycles. The van der Waals surface area contributed by atoms with Crippen LogP contribution in [0.1, 0.15) is 37.0 Å². The van der Waals surface area contributed by atoms with Crippen molar-refractivity contribution in [2.24, 2.45) is 0 Å². The Bertz CT molecular complexity index is 459. The Morgan fingerprint density at radius 3 is 2.95 bits per heavy atom. The molecule has 0 radical (unpaired) electrons. The maximum absolute atomic E-state index is 11.3. The Hall–Kier alpha value is -1.55. The molecule has 0 aromatic heterocycles. The van der Waals surface area contributed by atoms with E-state index in [0.717, 1.165) is 18.8 Å². The predicted molar refractivity (Wildman–Crippen MR) is 79.6 cm³/mol. The van der Waals surface area contributed by atoms with E-state index in [-0.39, 0.29) is 5.78 Å². The highest BCUT2D eigenvalue weighted by Gasteiger charge is 2.18. The van der Waals surface area contributed by atoms with Crippen LogP contribution in [0, 0.1) is 0 Å². The van der Waals surface area contributed by atoms with Gasteiger partial charge in [-0.1, -0.05) is 6.92 Å². The van der Waals surface area contributed by atoms with Gasteiger partial charge in [-0.25, -0.2) is 0 Å². The molecule has 2 rings (SSSR count). The van der Waals surface area contributed by atoms with Gasteiger partial charge >= 0.3 is 0 Å². The van der Waals surface area contributed by atoms with Crippen molar-refractivity contribution in [2.45, 2.75) is 32.7 Å². The van der Waals surface area contributed by atoms with Crippen LogP contribution in [0.2, 0.25) is 0 Å². The highest BCUT2D eigenvalue weighted by molar-refractivity contribution is 5.99. The Kier molecular flexibility index (Phi) is 4.43. The van der Waals surface area contributed by atoms with E-state index in [1.165, 1.54) is 19.4 Å². The Balaban J connectivity index is 2.03. The van der Waals surface area contributed by atoms with E-state index in [1.54, 1.807) is 13.0 Å². The Morgan fingerprint density at radius 1 is 1.53 bits per heavy atom. The van der Waals surface area contributed by atoms with E-state index >= 15 is 0 Å². The van der Waals surface area contributed by atoms with Crippen LogP contribution in [-0.2, 0) is 0 Å². The number of rotatable bonds is 4. The average molecular weight is 261 g/mol. The number of carbonyl (C=O) groups is 1. The molecule has 1 aromatic rings. The molecular formula is C15H23N3O. The second kappa shape index (κ2) is 6.06. The standard InChI is InChI=1S/C15H23N3O/c1-3-18-8-4-5-13(10-18)17-12-6-7-14(11(2)19)15(16)9-12/h6-7,9,13,17H,3-5,8,10,16H2,1-2H3. The number of ketones is 1. The minimum absolute atomic E-state index is 0.0128. The lowest BCUT2D eigenvalue weighted by Gasteiger charge is -2.32. The first-order valence-corrected chi connectivity index (χ1v) is 6.99. The summed E-state index contributed by atoms with van der Waals surface area (Å²) < 4.78 is 0. The molecule has 1 heterocycles. The summed E-state index contributed by atoms with van der Waals surface area (Å²) in [7, 11) is 0. The van der Waals surface area contributed by atoms with Gasteiger partial charge in [0, 0.05) is 29.5 Å². The quantitative estimate of drug-likeness (QED) is 0.645.